The van der Waals surface area contributed by atoms with Gasteiger partial charge < -0.3 is 0 Å². The minimum absolute atomic E-state index is 0.0268. The van der Waals surface area contributed by atoms with Crippen LogP contribution in [0.25, 0.3) is 0 Å². The Morgan fingerprint density at radius 2 is 2.00 bits per heavy atom. The Morgan fingerprint density at radius 3 is 2.33 bits per heavy atom. The van der Waals surface area contributed by atoms with Gasteiger partial charge in [0.15, 0.2) is 0 Å². The van der Waals surface area contributed by atoms with E-state index in [-0.39, 0.29) is 9.52 Å². The van der Waals surface area contributed by atoms with Crippen LogP contribution in [0, 0.1) is 0 Å². The third kappa shape index (κ3) is 9.30. The van der Waals surface area contributed by atoms with Gasteiger partial charge in [-0.15, -0.1) is 33.8 Å². The summed E-state index contributed by atoms with van der Waals surface area (Å²) in [5.41, 5.74) is 0.859. The van der Waals surface area contributed by atoms with Crippen LogP contribution in [0.4, 0.5) is 0 Å². The summed E-state index contributed by atoms with van der Waals surface area (Å²) in [4.78, 5) is 0. The topological polar surface area (TPSA) is 0 Å². The van der Waals surface area contributed by atoms with Crippen LogP contribution in [0.2, 0.25) is 18.6 Å². The highest BCUT2D eigenvalue weighted by Gasteiger charge is 2.19. The maximum absolute atomic E-state index is 5.85. The minimum Gasteiger partial charge on any atom is -0.146 e. The highest BCUT2D eigenvalue weighted by molar-refractivity contribution is 7.45. The summed E-state index contributed by atoms with van der Waals surface area (Å²) in [7, 11) is -0.0268. The van der Waals surface area contributed by atoms with Gasteiger partial charge >= 0.3 is 0 Å². The summed E-state index contributed by atoms with van der Waals surface area (Å²) in [6, 6.07) is 2.23. The highest BCUT2D eigenvalue weighted by Crippen LogP contribution is 2.21. The van der Waals surface area contributed by atoms with Crippen molar-refractivity contribution in [2.75, 3.05) is 5.50 Å². The molecule has 56 valence electrons. The SMILES string of the molecule is C[Si](Cl)(Cl)CC[SiH2]CCl. The first-order chi connectivity index (χ1) is 4.06. The molecule has 0 atom stereocenters. The number of hydrogen-bond donors (Lipinski definition) is 0. The lowest BCUT2D eigenvalue weighted by Crippen LogP contribution is -2.12. The van der Waals surface area contributed by atoms with Gasteiger partial charge in [-0.05, 0) is 12.6 Å². The first-order valence-electron chi connectivity index (χ1n) is 3.00. The van der Waals surface area contributed by atoms with Gasteiger partial charge in [-0.3, -0.25) is 0 Å². The Bertz CT molecular complexity index is 70.7. The maximum Gasteiger partial charge on any atom is 0.248 e. The zero-order valence-electron chi connectivity index (χ0n) is 5.46. The van der Waals surface area contributed by atoms with Crippen LogP contribution in [0.15, 0.2) is 0 Å². The molecule has 0 radical (unpaired) electrons. The summed E-state index contributed by atoms with van der Waals surface area (Å²) in [5.74, 6) is 0. The molecule has 0 heterocycles. The fourth-order valence-electron chi connectivity index (χ4n) is 0.530. The third-order valence-corrected chi connectivity index (χ3v) is 5.99. The molecule has 0 saturated carbocycles. The summed E-state index contributed by atoms with van der Waals surface area (Å²) < 4.78 is 0. The van der Waals surface area contributed by atoms with Crippen molar-refractivity contribution in [3.8, 4) is 0 Å². The van der Waals surface area contributed by atoms with Gasteiger partial charge in [0.05, 0.1) is 0 Å². The Labute approximate surface area is 74.1 Å². The van der Waals surface area contributed by atoms with Crippen LogP contribution in [0.3, 0.4) is 0 Å². The van der Waals surface area contributed by atoms with Crippen LogP contribution in [0.1, 0.15) is 0 Å². The highest BCUT2D eigenvalue weighted by atomic mass is 35.7. The summed E-state index contributed by atoms with van der Waals surface area (Å²) >= 11 is 17.2. The molecular formula is C4H11Cl3Si2. The number of rotatable bonds is 4. The fourth-order valence-corrected chi connectivity index (χ4v) is 7.17. The molecular weight excluding hydrogens is 211 g/mol. The van der Waals surface area contributed by atoms with E-state index in [0.717, 1.165) is 11.5 Å². The van der Waals surface area contributed by atoms with Crippen LogP contribution in [-0.2, 0) is 0 Å². The van der Waals surface area contributed by atoms with Gasteiger partial charge in [-0.1, -0.05) is 6.04 Å². The number of hydrogen-bond acceptors (Lipinski definition) is 0. The molecule has 0 aliphatic rings. The van der Waals surface area contributed by atoms with Crippen molar-refractivity contribution in [3.05, 3.63) is 0 Å². The van der Waals surface area contributed by atoms with Crippen molar-refractivity contribution in [2.45, 2.75) is 18.6 Å². The normalized spacial score (nSPS) is 13.3. The molecule has 0 aromatic carbocycles. The van der Waals surface area contributed by atoms with Gasteiger partial charge in [-0.25, -0.2) is 0 Å². The second-order valence-electron chi connectivity index (χ2n) is 2.22. The van der Waals surface area contributed by atoms with Crippen LogP contribution >= 0.6 is 33.8 Å². The van der Waals surface area contributed by atoms with Crippen molar-refractivity contribution in [1.29, 1.82) is 0 Å². The average molecular weight is 222 g/mol. The zero-order chi connectivity index (χ0) is 7.33. The van der Waals surface area contributed by atoms with Gasteiger partial charge in [0.25, 0.3) is 0 Å². The Balaban J connectivity index is 3.07. The van der Waals surface area contributed by atoms with Crippen LogP contribution in [0.5, 0.6) is 0 Å². The lowest BCUT2D eigenvalue weighted by Gasteiger charge is -2.07. The van der Waals surface area contributed by atoms with Crippen molar-refractivity contribution in [2.24, 2.45) is 0 Å². The van der Waals surface area contributed by atoms with Gasteiger partial charge in [0.1, 0.15) is 0 Å². The molecule has 9 heavy (non-hydrogen) atoms. The summed E-state index contributed by atoms with van der Waals surface area (Å²) in [6.07, 6.45) is 0. The monoisotopic (exact) mass is 220 g/mol. The van der Waals surface area contributed by atoms with Gasteiger partial charge in [0.2, 0.25) is 6.69 Å². The summed E-state index contributed by atoms with van der Waals surface area (Å²) in [5, 5.41) is 0. The predicted molar refractivity (Wildman–Crippen MR) is 52.2 cm³/mol. The van der Waals surface area contributed by atoms with E-state index in [4.69, 9.17) is 33.8 Å². The van der Waals surface area contributed by atoms with E-state index in [2.05, 4.69) is 0 Å². The zero-order valence-corrected chi connectivity index (χ0v) is 10.1. The van der Waals surface area contributed by atoms with E-state index in [1.54, 1.807) is 0 Å². The Morgan fingerprint density at radius 1 is 1.44 bits per heavy atom. The van der Waals surface area contributed by atoms with E-state index < -0.39 is 6.69 Å². The molecule has 0 nitrogen and oxygen atoms in total. The molecule has 0 fully saturated rings. The molecule has 0 rings (SSSR count). The molecule has 0 N–H and O–H groups in total. The van der Waals surface area contributed by atoms with E-state index >= 15 is 0 Å². The number of halogens is 3. The van der Waals surface area contributed by atoms with Crippen LogP contribution < -0.4 is 0 Å². The largest absolute Gasteiger partial charge is 0.248 e. The van der Waals surface area contributed by atoms with Crippen molar-refractivity contribution < 1.29 is 0 Å². The number of alkyl halides is 1. The molecule has 0 bridgehead atoms. The van der Waals surface area contributed by atoms with Gasteiger partial charge in [-0.2, -0.15) is 0 Å². The molecule has 0 aromatic heterocycles. The van der Waals surface area contributed by atoms with Crippen molar-refractivity contribution in [1.82, 2.24) is 0 Å². The first kappa shape index (κ1) is 10.3. The quantitative estimate of drug-likeness (QED) is 0.296. The maximum atomic E-state index is 5.85. The van der Waals surface area contributed by atoms with E-state index in [1.165, 1.54) is 6.04 Å². The molecule has 0 unspecified atom stereocenters. The molecule has 0 aliphatic heterocycles. The Kier molecular flexibility index (Phi) is 5.75. The van der Waals surface area contributed by atoms with E-state index in [9.17, 15) is 0 Å². The minimum atomic E-state index is -1.77. The van der Waals surface area contributed by atoms with Gasteiger partial charge in [0, 0.05) is 15.0 Å². The van der Waals surface area contributed by atoms with Crippen LogP contribution in [-0.4, -0.2) is 21.7 Å². The van der Waals surface area contributed by atoms with Crippen molar-refractivity contribution in [3.63, 3.8) is 0 Å². The van der Waals surface area contributed by atoms with Crippen molar-refractivity contribution >= 4 is 50.0 Å². The second-order valence-corrected chi connectivity index (χ2v) is 13.4. The smallest absolute Gasteiger partial charge is 0.146 e. The molecule has 0 amide bonds. The third-order valence-electron chi connectivity index (χ3n) is 0.999. The lowest BCUT2D eigenvalue weighted by molar-refractivity contribution is 1.39. The first-order valence-corrected chi connectivity index (χ1v) is 10.3. The standard InChI is InChI=1S/C4H11Cl3Si2/c1-9(6,7)3-2-8-4-5/h2-4,8H2,1H3. The second kappa shape index (κ2) is 5.02. The summed E-state index contributed by atoms with van der Waals surface area (Å²) in [6.45, 7) is 0.183. The predicted octanol–water partition coefficient (Wildman–Crippen LogP) is 2.32. The Hall–Kier alpha value is 1.30. The molecule has 0 aliphatic carbocycles. The van der Waals surface area contributed by atoms with E-state index in [0.29, 0.717) is 0 Å². The lowest BCUT2D eigenvalue weighted by atomic mass is 10.9. The molecule has 5 heteroatoms. The average Bonchev–Trinajstić information content (AvgIpc) is 1.63. The molecule has 0 saturated heterocycles. The molecule has 0 aromatic rings. The molecule has 0 spiro atoms. The fraction of sp³-hybridized carbons (Fsp3) is 1.00. The van der Waals surface area contributed by atoms with E-state index in [1.807, 2.05) is 6.55 Å².